The monoisotopic (exact) mass is 149 g/mol. The molecule has 1 aromatic rings. The molecule has 0 fully saturated rings. The van der Waals surface area contributed by atoms with Crippen molar-refractivity contribution in [2.24, 2.45) is 5.73 Å². The van der Waals surface area contributed by atoms with Crippen LogP contribution in [0.2, 0.25) is 0 Å². The van der Waals surface area contributed by atoms with Crippen LogP contribution in [0.1, 0.15) is 15.9 Å². The number of primary amides is 1. The number of hydrogen-bond donors (Lipinski definition) is 1. The van der Waals surface area contributed by atoms with E-state index in [0.29, 0.717) is 0 Å². The second-order valence-corrected chi connectivity index (χ2v) is 1.89. The van der Waals surface area contributed by atoms with E-state index in [2.05, 4.69) is 4.98 Å². The normalized spacial score (nSPS) is 9.09. The van der Waals surface area contributed by atoms with Gasteiger partial charge in [-0.2, -0.15) is 0 Å². The molecule has 2 N–H and O–H groups in total. The van der Waals surface area contributed by atoms with E-state index in [1.165, 1.54) is 18.5 Å². The van der Waals surface area contributed by atoms with Gasteiger partial charge in [0, 0.05) is 18.0 Å². The largest absolute Gasteiger partial charge is 0.366 e. The molecule has 0 aliphatic rings. The van der Waals surface area contributed by atoms with Crippen molar-refractivity contribution in [2.45, 2.75) is 0 Å². The van der Waals surface area contributed by atoms with Crippen molar-refractivity contribution >= 4 is 12.2 Å². The van der Waals surface area contributed by atoms with Crippen LogP contribution >= 0.6 is 0 Å². The summed E-state index contributed by atoms with van der Waals surface area (Å²) in [4.78, 5) is 24.4. The first-order valence-electron chi connectivity index (χ1n) is 2.87. The van der Waals surface area contributed by atoms with Crippen molar-refractivity contribution in [3.8, 4) is 0 Å². The number of rotatable bonds is 2. The lowest BCUT2D eigenvalue weighted by atomic mass is 10.1. The molecule has 1 amide bonds. The Hall–Kier alpha value is -1.71. The summed E-state index contributed by atoms with van der Waals surface area (Å²) in [6.45, 7) is 0. The van der Waals surface area contributed by atoms with Gasteiger partial charge in [-0.3, -0.25) is 14.6 Å². The molecule has 0 saturated heterocycles. The molecule has 0 aliphatic heterocycles. The number of amides is 1. The Morgan fingerprint density at radius 2 is 2.36 bits per heavy atom. The zero-order chi connectivity index (χ0) is 8.27. The van der Waals surface area contributed by atoms with Crippen LogP contribution in [-0.4, -0.2) is 17.2 Å². The third-order valence-corrected chi connectivity index (χ3v) is 1.20. The van der Waals surface area contributed by atoms with Crippen LogP contribution in [0, 0.1) is 0 Å². The molecule has 11 heavy (non-hydrogen) atoms. The van der Waals surface area contributed by atoms with Gasteiger partial charge >= 0.3 is 0 Å². The van der Waals surface area contributed by atoms with Gasteiger partial charge in [-0.25, -0.2) is 0 Å². The molecule has 4 nitrogen and oxygen atoms in total. The minimum absolute atomic E-state index is 0.0995. The molecule has 0 saturated carbocycles. The van der Waals surface area contributed by atoms with Crippen LogP contribution in [0.3, 0.4) is 0 Å². The van der Waals surface area contributed by atoms with Gasteiger partial charge in [0.05, 0.1) is 5.56 Å². The number of carbonyl (C=O) groups is 1. The van der Waals surface area contributed by atoms with Gasteiger partial charge in [-0.15, -0.1) is 0 Å². The molecule has 0 atom stereocenters. The fourth-order valence-corrected chi connectivity index (χ4v) is 0.680. The summed E-state index contributed by atoms with van der Waals surface area (Å²) in [5.41, 5.74) is 5.18. The fourth-order valence-electron chi connectivity index (χ4n) is 0.680. The van der Waals surface area contributed by atoms with Crippen molar-refractivity contribution in [3.63, 3.8) is 0 Å². The lowest BCUT2D eigenvalue weighted by Crippen LogP contribution is -2.13. The minimum Gasteiger partial charge on any atom is -0.366 e. The minimum atomic E-state index is -0.670. The van der Waals surface area contributed by atoms with Crippen LogP contribution < -0.4 is 5.73 Å². The first-order valence-corrected chi connectivity index (χ1v) is 2.87. The van der Waals surface area contributed by atoms with Gasteiger partial charge in [0.15, 0.2) is 0 Å². The van der Waals surface area contributed by atoms with Crippen LogP contribution in [0.5, 0.6) is 0 Å². The SMILES string of the molecule is NC(=O)c1cnccc1[C]=O. The molecule has 55 valence electrons. The van der Waals surface area contributed by atoms with E-state index in [1.807, 2.05) is 0 Å². The van der Waals surface area contributed by atoms with Crippen molar-refractivity contribution in [3.05, 3.63) is 29.6 Å². The molecular weight excluding hydrogens is 144 g/mol. The number of aromatic nitrogens is 1. The van der Waals surface area contributed by atoms with Gasteiger partial charge in [-0.1, -0.05) is 0 Å². The van der Waals surface area contributed by atoms with Crippen molar-refractivity contribution in [1.82, 2.24) is 4.98 Å². The van der Waals surface area contributed by atoms with E-state index in [4.69, 9.17) is 5.73 Å². The Balaban J connectivity index is 3.22. The zero-order valence-electron chi connectivity index (χ0n) is 5.57. The van der Waals surface area contributed by atoms with E-state index in [-0.39, 0.29) is 11.1 Å². The number of nitrogens with two attached hydrogens (primary N) is 1. The summed E-state index contributed by atoms with van der Waals surface area (Å²) in [5, 5.41) is 0. The van der Waals surface area contributed by atoms with Gasteiger partial charge in [0.2, 0.25) is 6.29 Å². The summed E-state index contributed by atoms with van der Waals surface area (Å²) in [5.74, 6) is -0.670. The molecule has 0 aliphatic carbocycles. The Labute approximate surface area is 63.0 Å². The van der Waals surface area contributed by atoms with Crippen LogP contribution in [0.4, 0.5) is 0 Å². The topological polar surface area (TPSA) is 73.1 Å². The zero-order valence-corrected chi connectivity index (χ0v) is 5.57. The predicted molar refractivity (Wildman–Crippen MR) is 37.6 cm³/mol. The number of pyridine rings is 1. The second kappa shape index (κ2) is 2.92. The summed E-state index contributed by atoms with van der Waals surface area (Å²) < 4.78 is 0. The molecule has 0 unspecified atom stereocenters. The van der Waals surface area contributed by atoms with E-state index in [0.717, 1.165) is 0 Å². The summed E-state index contributed by atoms with van der Waals surface area (Å²) in [6.07, 6.45) is 4.22. The van der Waals surface area contributed by atoms with E-state index in [1.54, 1.807) is 6.29 Å². The third-order valence-electron chi connectivity index (χ3n) is 1.20. The average molecular weight is 149 g/mol. The average Bonchev–Trinajstić information content (AvgIpc) is 2.04. The summed E-state index contributed by atoms with van der Waals surface area (Å²) in [6, 6.07) is 1.38. The lowest BCUT2D eigenvalue weighted by molar-refractivity contribution is 0.0999. The molecule has 1 radical (unpaired) electrons. The quantitative estimate of drug-likeness (QED) is 0.623. The molecule has 0 aromatic carbocycles. The van der Waals surface area contributed by atoms with E-state index in [9.17, 15) is 9.59 Å². The van der Waals surface area contributed by atoms with Crippen LogP contribution in [0.25, 0.3) is 0 Å². The van der Waals surface area contributed by atoms with Gasteiger partial charge in [-0.05, 0) is 6.07 Å². The molecule has 1 aromatic heterocycles. The third kappa shape index (κ3) is 1.40. The Kier molecular flexibility index (Phi) is 1.96. The molecule has 0 spiro atoms. The first-order chi connectivity index (χ1) is 5.25. The highest BCUT2D eigenvalue weighted by Crippen LogP contribution is 2.01. The van der Waals surface area contributed by atoms with Crippen LogP contribution in [0.15, 0.2) is 18.5 Å². The lowest BCUT2D eigenvalue weighted by Gasteiger charge is -1.95. The smallest absolute Gasteiger partial charge is 0.251 e. The molecule has 1 rings (SSSR count). The van der Waals surface area contributed by atoms with Gasteiger partial charge < -0.3 is 5.73 Å². The van der Waals surface area contributed by atoms with Gasteiger partial charge in [0.1, 0.15) is 0 Å². The van der Waals surface area contributed by atoms with Crippen molar-refractivity contribution < 1.29 is 9.59 Å². The van der Waals surface area contributed by atoms with E-state index < -0.39 is 5.91 Å². The maximum atomic E-state index is 10.6. The maximum Gasteiger partial charge on any atom is 0.251 e. The highest BCUT2D eigenvalue weighted by atomic mass is 16.1. The highest BCUT2D eigenvalue weighted by molar-refractivity contribution is 6.00. The Bertz CT molecular complexity index is 296. The number of hydrogen-bond acceptors (Lipinski definition) is 3. The Morgan fingerprint density at radius 1 is 1.64 bits per heavy atom. The van der Waals surface area contributed by atoms with Crippen molar-refractivity contribution in [1.29, 1.82) is 0 Å². The first kappa shape index (κ1) is 7.40. The molecule has 1 heterocycles. The number of nitrogens with zero attached hydrogens (tertiary/aromatic N) is 1. The molecule has 4 heteroatoms. The number of carbonyl (C=O) groups excluding carboxylic acids is 2. The Morgan fingerprint density at radius 3 is 2.82 bits per heavy atom. The molecular formula is C7H5N2O2. The maximum absolute atomic E-state index is 10.6. The van der Waals surface area contributed by atoms with Crippen LogP contribution in [-0.2, 0) is 4.79 Å². The summed E-state index contributed by atoms with van der Waals surface area (Å²) in [7, 11) is 0. The highest BCUT2D eigenvalue weighted by Gasteiger charge is 2.06. The second-order valence-electron chi connectivity index (χ2n) is 1.89. The van der Waals surface area contributed by atoms with E-state index >= 15 is 0 Å². The molecule has 0 bridgehead atoms. The fraction of sp³-hybridized carbons (Fsp3) is 0. The van der Waals surface area contributed by atoms with Crippen molar-refractivity contribution in [2.75, 3.05) is 0 Å². The predicted octanol–water partition coefficient (Wildman–Crippen LogP) is -0.362. The summed E-state index contributed by atoms with van der Waals surface area (Å²) >= 11 is 0. The van der Waals surface area contributed by atoms with Gasteiger partial charge in [0.25, 0.3) is 5.91 Å². The standard InChI is InChI=1S/C7H5N2O2/c8-7(11)6-3-9-2-1-5(6)4-10/h1-3H,(H2,8,11).